The van der Waals surface area contributed by atoms with Crippen LogP contribution in [-0.2, 0) is 0 Å². The van der Waals surface area contributed by atoms with Gasteiger partial charge in [0.2, 0.25) is 0 Å². The van der Waals surface area contributed by atoms with Crippen molar-refractivity contribution in [1.29, 1.82) is 0 Å². The second kappa shape index (κ2) is 5.85. The second-order valence-corrected chi connectivity index (χ2v) is 4.82. The monoisotopic (exact) mass is 297 g/mol. The highest BCUT2D eigenvalue weighted by atomic mass is 19.1. The highest BCUT2D eigenvalue weighted by Crippen LogP contribution is 2.35. The van der Waals surface area contributed by atoms with Crippen LogP contribution in [0.4, 0.5) is 14.5 Å². The molecule has 0 aromatic heterocycles. The summed E-state index contributed by atoms with van der Waals surface area (Å²) in [5.41, 5.74) is 7.71. The lowest BCUT2D eigenvalue weighted by Gasteiger charge is -2.12. The molecule has 3 aromatic carbocycles. The molecule has 3 aromatic rings. The fourth-order valence-electron chi connectivity index (χ4n) is 2.15. The van der Waals surface area contributed by atoms with Crippen molar-refractivity contribution in [2.24, 2.45) is 0 Å². The van der Waals surface area contributed by atoms with Crippen LogP contribution in [0.1, 0.15) is 0 Å². The molecule has 0 saturated carbocycles. The van der Waals surface area contributed by atoms with Crippen molar-refractivity contribution in [3.05, 3.63) is 78.4 Å². The Bertz CT molecular complexity index is 800. The van der Waals surface area contributed by atoms with Crippen LogP contribution >= 0.6 is 0 Å². The van der Waals surface area contributed by atoms with E-state index < -0.39 is 0 Å². The molecule has 0 unspecified atom stereocenters. The van der Waals surface area contributed by atoms with Gasteiger partial charge in [-0.05, 0) is 54.1 Å². The van der Waals surface area contributed by atoms with Gasteiger partial charge in [0, 0.05) is 17.3 Å². The van der Waals surface area contributed by atoms with Crippen LogP contribution in [0, 0.1) is 11.6 Å². The molecule has 0 saturated heterocycles. The van der Waals surface area contributed by atoms with Crippen molar-refractivity contribution >= 4 is 5.69 Å². The van der Waals surface area contributed by atoms with Crippen LogP contribution in [0.25, 0.3) is 11.1 Å². The number of hydrogen-bond acceptors (Lipinski definition) is 2. The molecular weight excluding hydrogens is 284 g/mol. The molecule has 0 atom stereocenters. The van der Waals surface area contributed by atoms with Gasteiger partial charge in [-0.15, -0.1) is 0 Å². The van der Waals surface area contributed by atoms with E-state index in [2.05, 4.69) is 0 Å². The molecule has 0 aliphatic heterocycles. The summed E-state index contributed by atoms with van der Waals surface area (Å²) < 4.78 is 32.2. The van der Waals surface area contributed by atoms with Gasteiger partial charge in [-0.1, -0.05) is 12.1 Å². The molecule has 3 rings (SSSR count). The molecule has 2 N–H and O–H groups in total. The van der Waals surface area contributed by atoms with Crippen LogP contribution in [0.5, 0.6) is 11.5 Å². The van der Waals surface area contributed by atoms with Crippen molar-refractivity contribution in [1.82, 2.24) is 0 Å². The van der Waals surface area contributed by atoms with E-state index in [-0.39, 0.29) is 11.6 Å². The van der Waals surface area contributed by atoms with Crippen molar-refractivity contribution < 1.29 is 13.5 Å². The first-order valence-electron chi connectivity index (χ1n) is 6.71. The average Bonchev–Trinajstić information content (AvgIpc) is 2.50. The molecule has 0 fully saturated rings. The summed E-state index contributed by atoms with van der Waals surface area (Å²) in [6, 6.07) is 17.0. The van der Waals surface area contributed by atoms with Crippen LogP contribution in [0.15, 0.2) is 66.7 Å². The first kappa shape index (κ1) is 14.1. The van der Waals surface area contributed by atoms with Crippen LogP contribution in [-0.4, -0.2) is 0 Å². The minimum Gasteiger partial charge on any atom is -0.457 e. The number of halogens is 2. The van der Waals surface area contributed by atoms with Gasteiger partial charge in [-0.2, -0.15) is 0 Å². The zero-order chi connectivity index (χ0) is 15.5. The molecule has 110 valence electrons. The highest BCUT2D eigenvalue weighted by Gasteiger charge is 2.09. The predicted octanol–water partition coefficient (Wildman–Crippen LogP) is 5.01. The summed E-state index contributed by atoms with van der Waals surface area (Å²) >= 11 is 0. The quantitative estimate of drug-likeness (QED) is 0.690. The largest absolute Gasteiger partial charge is 0.457 e. The first-order valence-corrected chi connectivity index (χ1v) is 6.71. The van der Waals surface area contributed by atoms with Crippen LogP contribution < -0.4 is 10.5 Å². The Morgan fingerprint density at radius 2 is 1.55 bits per heavy atom. The van der Waals surface area contributed by atoms with Gasteiger partial charge in [0.15, 0.2) is 0 Å². The third-order valence-corrected chi connectivity index (χ3v) is 3.18. The number of anilines is 1. The predicted molar refractivity (Wildman–Crippen MR) is 82.7 cm³/mol. The number of rotatable bonds is 3. The Morgan fingerprint density at radius 3 is 2.27 bits per heavy atom. The lowest BCUT2D eigenvalue weighted by atomic mass is 10.0. The molecule has 2 nitrogen and oxygen atoms in total. The van der Waals surface area contributed by atoms with Gasteiger partial charge in [0.05, 0.1) is 0 Å². The van der Waals surface area contributed by atoms with Crippen molar-refractivity contribution in [3.8, 4) is 22.6 Å². The second-order valence-electron chi connectivity index (χ2n) is 4.82. The zero-order valence-electron chi connectivity index (χ0n) is 11.6. The molecule has 4 heteroatoms. The molecule has 0 radical (unpaired) electrons. The van der Waals surface area contributed by atoms with Gasteiger partial charge in [0.25, 0.3) is 0 Å². The van der Waals surface area contributed by atoms with E-state index in [0.717, 1.165) is 0 Å². The van der Waals surface area contributed by atoms with E-state index in [9.17, 15) is 8.78 Å². The lowest BCUT2D eigenvalue weighted by molar-refractivity contribution is 0.482. The molecule has 0 bridgehead atoms. The van der Waals surface area contributed by atoms with E-state index in [1.807, 2.05) is 0 Å². The fourth-order valence-corrected chi connectivity index (χ4v) is 2.15. The maximum absolute atomic E-state index is 13.4. The van der Waals surface area contributed by atoms with Crippen molar-refractivity contribution in [2.45, 2.75) is 0 Å². The Morgan fingerprint density at radius 1 is 0.773 bits per heavy atom. The molecule has 0 heterocycles. The van der Waals surface area contributed by atoms with Gasteiger partial charge < -0.3 is 10.5 Å². The topological polar surface area (TPSA) is 35.2 Å². The Hall–Kier alpha value is -2.88. The van der Waals surface area contributed by atoms with E-state index >= 15 is 0 Å². The summed E-state index contributed by atoms with van der Waals surface area (Å²) in [6.45, 7) is 0. The highest BCUT2D eigenvalue weighted by molar-refractivity contribution is 5.73. The number of ether oxygens (including phenoxy) is 1. The normalized spacial score (nSPS) is 10.5. The summed E-state index contributed by atoms with van der Waals surface area (Å²) in [5, 5.41) is 0. The molecular formula is C18H13F2NO. The van der Waals surface area contributed by atoms with Crippen molar-refractivity contribution in [2.75, 3.05) is 5.73 Å². The lowest BCUT2D eigenvalue weighted by Crippen LogP contribution is -1.92. The fraction of sp³-hybridized carbons (Fsp3) is 0. The molecule has 22 heavy (non-hydrogen) atoms. The van der Waals surface area contributed by atoms with Crippen LogP contribution in [0.3, 0.4) is 0 Å². The van der Waals surface area contributed by atoms with E-state index in [1.165, 1.54) is 36.4 Å². The first-order chi connectivity index (χ1) is 10.6. The summed E-state index contributed by atoms with van der Waals surface area (Å²) in [4.78, 5) is 0. The SMILES string of the molecule is Nc1ccc(-c2cccc(F)c2)c(Oc2ccc(F)cc2)c1. The van der Waals surface area contributed by atoms with E-state index in [0.29, 0.717) is 28.3 Å². The smallest absolute Gasteiger partial charge is 0.137 e. The van der Waals surface area contributed by atoms with Gasteiger partial charge in [-0.25, -0.2) is 8.78 Å². The number of nitrogen functional groups attached to an aromatic ring is 1. The molecule has 0 aliphatic carbocycles. The minimum absolute atomic E-state index is 0.331. The van der Waals surface area contributed by atoms with E-state index in [1.54, 1.807) is 30.3 Å². The average molecular weight is 297 g/mol. The Balaban J connectivity index is 2.02. The third kappa shape index (κ3) is 3.06. The minimum atomic E-state index is -0.342. The van der Waals surface area contributed by atoms with Gasteiger partial charge >= 0.3 is 0 Å². The summed E-state index contributed by atoms with van der Waals surface area (Å²) in [6.07, 6.45) is 0. The number of hydrogen-bond donors (Lipinski definition) is 1. The zero-order valence-corrected chi connectivity index (χ0v) is 11.6. The number of nitrogens with two attached hydrogens (primary N) is 1. The van der Waals surface area contributed by atoms with E-state index in [4.69, 9.17) is 10.5 Å². The number of benzene rings is 3. The molecule has 0 spiro atoms. The third-order valence-electron chi connectivity index (χ3n) is 3.18. The Labute approximate surface area is 126 Å². The van der Waals surface area contributed by atoms with Gasteiger partial charge in [0.1, 0.15) is 23.1 Å². The standard InChI is InChI=1S/C18H13F2NO/c19-13-4-7-16(8-5-13)22-18-11-15(21)6-9-17(18)12-2-1-3-14(20)10-12/h1-11H,21H2. The maximum Gasteiger partial charge on any atom is 0.137 e. The molecule has 0 amide bonds. The van der Waals surface area contributed by atoms with Crippen molar-refractivity contribution in [3.63, 3.8) is 0 Å². The molecule has 0 aliphatic rings. The summed E-state index contributed by atoms with van der Waals surface area (Å²) in [5.74, 6) is 0.286. The Kier molecular flexibility index (Phi) is 3.74. The summed E-state index contributed by atoms with van der Waals surface area (Å²) in [7, 11) is 0. The van der Waals surface area contributed by atoms with Crippen LogP contribution in [0.2, 0.25) is 0 Å². The van der Waals surface area contributed by atoms with Gasteiger partial charge in [-0.3, -0.25) is 0 Å². The maximum atomic E-state index is 13.4.